The van der Waals surface area contributed by atoms with E-state index in [0.717, 1.165) is 39.4 Å². The minimum absolute atomic E-state index is 0.0320. The first-order valence-electron chi connectivity index (χ1n) is 15.4. The van der Waals surface area contributed by atoms with Crippen LogP contribution in [0.1, 0.15) is 34.3 Å². The Labute approximate surface area is 291 Å². The van der Waals surface area contributed by atoms with Gasteiger partial charge in [-0.05, 0) is 72.8 Å². The Kier molecular flexibility index (Phi) is 11.1. The highest BCUT2D eigenvalue weighted by Gasteiger charge is 2.46. The summed E-state index contributed by atoms with van der Waals surface area (Å²) in [5.74, 6) is -2.18. The molecule has 0 N–H and O–H groups in total. The lowest BCUT2D eigenvalue weighted by molar-refractivity contribution is -0.150. The number of esters is 1. The number of carbonyl (C=O) groups is 2. The maximum atomic E-state index is 13.9. The van der Waals surface area contributed by atoms with Gasteiger partial charge in [0.1, 0.15) is 5.52 Å². The molecule has 3 atom stereocenters. The van der Waals surface area contributed by atoms with Crippen molar-refractivity contribution in [1.29, 1.82) is 0 Å². The van der Waals surface area contributed by atoms with E-state index in [1.165, 1.54) is 0 Å². The molecule has 0 radical (unpaired) electrons. The maximum absolute atomic E-state index is 13.9. The molecule has 1 aliphatic carbocycles. The topological polar surface area (TPSA) is 91.2 Å². The number of nitrogens with zero attached hydrogens (tertiary/aromatic N) is 3. The van der Waals surface area contributed by atoms with Crippen LogP contribution in [0.25, 0.3) is 10.9 Å². The highest BCUT2D eigenvalue weighted by molar-refractivity contribution is 7.98. The number of Topliss-reactive ketones (excluding diaryl/α,β-unsaturated/α-hetero) is 1. The van der Waals surface area contributed by atoms with E-state index < -0.39 is 49.1 Å². The van der Waals surface area contributed by atoms with Gasteiger partial charge in [-0.25, -0.2) is 4.68 Å². The monoisotopic (exact) mass is 735 g/mol. The van der Waals surface area contributed by atoms with Crippen LogP contribution in [0.5, 0.6) is 0 Å². The number of carbonyl (C=O) groups excluding carboxylic acids is 2. The largest absolute Gasteiger partial charge is 0.466 e. The second kappa shape index (κ2) is 14.7. The highest BCUT2D eigenvalue weighted by atomic mass is 35.5. The fourth-order valence-electron chi connectivity index (χ4n) is 5.81. The van der Waals surface area contributed by atoms with E-state index in [1.807, 2.05) is 24.3 Å². The lowest BCUT2D eigenvalue weighted by Crippen LogP contribution is -2.36. The molecule has 1 saturated carbocycles. The van der Waals surface area contributed by atoms with Gasteiger partial charge in [-0.3, -0.25) is 14.4 Å². The molecule has 1 fully saturated rings. The SMILES string of the molecule is C[Si](C)(C)CCOC(=O)[C@H]1[C@H](Cn2nnc3ccc(C(F)(F)F)cc3c2=O)CC[C@@H]1C(=O)c1ccc(SCc2ccc(Cl)c(Cl)c2)cc1. The number of hydrogen-bond acceptors (Lipinski definition) is 7. The van der Waals surface area contributed by atoms with E-state index in [1.54, 1.807) is 30.0 Å². The first-order chi connectivity index (χ1) is 22.6. The van der Waals surface area contributed by atoms with Crippen molar-refractivity contribution in [3.63, 3.8) is 0 Å². The Hall–Kier alpha value is -3.19. The Morgan fingerprint density at radius 2 is 1.73 bits per heavy atom. The minimum Gasteiger partial charge on any atom is -0.466 e. The third-order valence-electron chi connectivity index (χ3n) is 8.48. The molecule has 5 rings (SSSR count). The zero-order valence-electron chi connectivity index (χ0n) is 26.5. The van der Waals surface area contributed by atoms with E-state index in [-0.39, 0.29) is 29.8 Å². The molecule has 1 heterocycles. The molecule has 7 nitrogen and oxygen atoms in total. The van der Waals surface area contributed by atoms with Crippen LogP contribution in [0.15, 0.2) is 70.4 Å². The van der Waals surface area contributed by atoms with Gasteiger partial charge in [-0.1, -0.05) is 66.3 Å². The number of alkyl halides is 3. The zero-order chi connectivity index (χ0) is 34.8. The van der Waals surface area contributed by atoms with Gasteiger partial charge in [-0.15, -0.1) is 16.9 Å². The van der Waals surface area contributed by atoms with E-state index in [2.05, 4.69) is 30.0 Å². The molecule has 0 amide bonds. The molecule has 0 spiro atoms. The van der Waals surface area contributed by atoms with Crippen LogP contribution in [0.3, 0.4) is 0 Å². The third kappa shape index (κ3) is 8.69. The Morgan fingerprint density at radius 3 is 2.40 bits per heavy atom. The number of benzene rings is 3. The summed E-state index contributed by atoms with van der Waals surface area (Å²) in [4.78, 5) is 41.7. The quantitative estimate of drug-likeness (QED) is 0.0658. The lowest BCUT2D eigenvalue weighted by Gasteiger charge is -2.24. The van der Waals surface area contributed by atoms with Crippen molar-refractivity contribution >= 4 is 65.7 Å². The number of ether oxygens (including phenoxy) is 1. The standard InChI is InChI=1S/C34H34Cl2F3N3O4SSi/c1-48(2,3)15-14-46-33(45)30-22(18-42-32(44)26-17-23(34(37,38)39)8-13-29(26)40-41-42)7-11-25(30)31(43)21-5-9-24(10-6-21)47-19-20-4-12-27(35)28(36)16-20/h4-6,8-10,12-13,16-17,22,25,30H,7,11,14-15,18-19H2,1-3H3/t22-,25-,30-/m0/s1. The van der Waals surface area contributed by atoms with Crippen LogP contribution in [-0.2, 0) is 28.0 Å². The molecule has 4 aromatic rings. The van der Waals surface area contributed by atoms with Crippen LogP contribution in [0.2, 0.25) is 35.7 Å². The second-order valence-electron chi connectivity index (χ2n) is 13.2. The van der Waals surface area contributed by atoms with Crippen molar-refractivity contribution < 1.29 is 27.5 Å². The molecule has 0 bridgehead atoms. The van der Waals surface area contributed by atoms with Crippen LogP contribution in [-0.4, -0.2) is 41.4 Å². The average Bonchev–Trinajstić information content (AvgIpc) is 3.45. The molecule has 1 aliphatic rings. The van der Waals surface area contributed by atoms with Gasteiger partial charge in [0.05, 0.1) is 40.1 Å². The molecule has 0 unspecified atom stereocenters. The number of thioether (sulfide) groups is 1. The van der Waals surface area contributed by atoms with Gasteiger partial charge in [-0.2, -0.15) is 13.2 Å². The molecule has 254 valence electrons. The molecule has 0 saturated heterocycles. The van der Waals surface area contributed by atoms with E-state index in [9.17, 15) is 27.6 Å². The summed E-state index contributed by atoms with van der Waals surface area (Å²) in [6, 6.07) is 16.1. The van der Waals surface area contributed by atoms with Gasteiger partial charge in [0.15, 0.2) is 5.78 Å². The van der Waals surface area contributed by atoms with Crippen molar-refractivity contribution in [2.24, 2.45) is 17.8 Å². The minimum atomic E-state index is -4.64. The lowest BCUT2D eigenvalue weighted by atomic mass is 9.84. The van der Waals surface area contributed by atoms with Gasteiger partial charge >= 0.3 is 12.1 Å². The van der Waals surface area contributed by atoms with Crippen LogP contribution < -0.4 is 5.56 Å². The Bertz CT molecular complexity index is 1880. The maximum Gasteiger partial charge on any atom is 0.416 e. The fourth-order valence-corrected chi connectivity index (χ4v) is 7.69. The normalized spacial score (nSPS) is 18.3. The van der Waals surface area contributed by atoms with Crippen molar-refractivity contribution in [2.45, 2.75) is 61.9 Å². The van der Waals surface area contributed by atoms with E-state index >= 15 is 0 Å². The van der Waals surface area contributed by atoms with E-state index in [4.69, 9.17) is 27.9 Å². The van der Waals surface area contributed by atoms with Crippen LogP contribution >= 0.6 is 35.0 Å². The summed E-state index contributed by atoms with van der Waals surface area (Å²) in [5, 5.41) is 8.66. The van der Waals surface area contributed by atoms with Crippen LogP contribution in [0.4, 0.5) is 13.2 Å². The first kappa shape index (κ1) is 36.1. The zero-order valence-corrected chi connectivity index (χ0v) is 29.8. The van der Waals surface area contributed by atoms with Crippen LogP contribution in [0, 0.1) is 17.8 Å². The molecule has 3 aromatic carbocycles. The Balaban J connectivity index is 1.36. The third-order valence-corrected chi connectivity index (χ3v) is 12.0. The van der Waals surface area contributed by atoms with Crippen molar-refractivity contribution in [1.82, 2.24) is 15.0 Å². The Morgan fingerprint density at radius 1 is 1.00 bits per heavy atom. The fraction of sp³-hybridized carbons (Fsp3) is 0.382. The number of aromatic nitrogens is 3. The van der Waals surface area contributed by atoms with Crippen molar-refractivity contribution in [3.8, 4) is 0 Å². The van der Waals surface area contributed by atoms with E-state index in [0.29, 0.717) is 34.2 Å². The molecular formula is C34H34Cl2F3N3O4SSi. The molecule has 0 aliphatic heterocycles. The molecule has 14 heteroatoms. The summed E-state index contributed by atoms with van der Waals surface area (Å²) in [5.41, 5.74) is -0.245. The van der Waals surface area contributed by atoms with Gasteiger partial charge in [0.2, 0.25) is 0 Å². The molecular weight excluding hydrogens is 702 g/mol. The summed E-state index contributed by atoms with van der Waals surface area (Å²) in [6.07, 6.45) is -3.85. The highest BCUT2D eigenvalue weighted by Crippen LogP contribution is 2.41. The number of rotatable bonds is 11. The summed E-state index contributed by atoms with van der Waals surface area (Å²) < 4.78 is 46.8. The van der Waals surface area contributed by atoms with Crippen molar-refractivity contribution in [3.05, 3.63) is 97.8 Å². The summed E-state index contributed by atoms with van der Waals surface area (Å²) in [6.45, 7) is 6.60. The first-order valence-corrected chi connectivity index (χ1v) is 20.9. The predicted molar refractivity (Wildman–Crippen MR) is 184 cm³/mol. The molecule has 1 aromatic heterocycles. The molecule has 48 heavy (non-hydrogen) atoms. The number of halogens is 5. The van der Waals surface area contributed by atoms with Gasteiger partial charge in [0.25, 0.3) is 5.56 Å². The predicted octanol–water partition coefficient (Wildman–Crippen LogP) is 8.82. The number of ketones is 1. The summed E-state index contributed by atoms with van der Waals surface area (Å²) in [7, 11) is -1.53. The smallest absolute Gasteiger partial charge is 0.416 e. The van der Waals surface area contributed by atoms with Gasteiger partial charge < -0.3 is 4.74 Å². The average molecular weight is 737 g/mol. The second-order valence-corrected chi connectivity index (χ2v) is 20.7. The van der Waals surface area contributed by atoms with Crippen molar-refractivity contribution in [2.75, 3.05) is 6.61 Å². The van der Waals surface area contributed by atoms with Gasteiger partial charge in [0, 0.05) is 30.2 Å². The summed E-state index contributed by atoms with van der Waals surface area (Å²) >= 11 is 13.7. The number of fused-ring (bicyclic) bond motifs is 1. The number of hydrogen-bond donors (Lipinski definition) is 0.